The second kappa shape index (κ2) is 6.76. The number of aromatic carboxylic acids is 1. The summed E-state index contributed by atoms with van der Waals surface area (Å²) in [5.74, 6) is -1.61. The van der Waals surface area contributed by atoms with Gasteiger partial charge in [-0.2, -0.15) is 0 Å². The molecule has 0 aliphatic rings. The molecule has 2 N–H and O–H groups in total. The summed E-state index contributed by atoms with van der Waals surface area (Å²) in [5, 5.41) is 11.8. The van der Waals surface area contributed by atoms with E-state index in [4.69, 9.17) is 11.6 Å². The van der Waals surface area contributed by atoms with E-state index in [-0.39, 0.29) is 16.3 Å². The van der Waals surface area contributed by atoms with Gasteiger partial charge in [-0.15, -0.1) is 0 Å². The molecule has 4 nitrogen and oxygen atoms in total. The van der Waals surface area contributed by atoms with E-state index in [1.54, 1.807) is 18.2 Å². The standard InChI is InChI=1S/C14H8BrClINO3/c15-9-5-4-7(17)6-8(9)13(19)18-11-3-1-2-10(16)12(11)14(20)21/h1-6H,(H,18,19)(H,20,21). The molecule has 2 rings (SSSR count). The number of hydrogen-bond donors (Lipinski definition) is 2. The summed E-state index contributed by atoms with van der Waals surface area (Å²) in [6.45, 7) is 0. The molecule has 0 radical (unpaired) electrons. The Morgan fingerprint density at radius 2 is 1.95 bits per heavy atom. The highest BCUT2D eigenvalue weighted by Crippen LogP contribution is 2.26. The van der Waals surface area contributed by atoms with Crippen LogP contribution in [0.15, 0.2) is 40.9 Å². The van der Waals surface area contributed by atoms with Crippen molar-refractivity contribution >= 4 is 67.7 Å². The first-order chi connectivity index (χ1) is 9.90. The predicted octanol–water partition coefficient (Wildman–Crippen LogP) is 4.66. The minimum Gasteiger partial charge on any atom is -0.478 e. The molecule has 7 heteroatoms. The highest BCUT2D eigenvalue weighted by atomic mass is 127. The minimum absolute atomic E-state index is 0.0713. The number of carbonyl (C=O) groups excluding carboxylic acids is 1. The first kappa shape index (κ1) is 16.3. The lowest BCUT2D eigenvalue weighted by Crippen LogP contribution is -2.15. The Bertz CT molecular complexity index is 736. The molecule has 108 valence electrons. The topological polar surface area (TPSA) is 66.4 Å². The van der Waals surface area contributed by atoms with E-state index in [1.807, 2.05) is 6.07 Å². The molecule has 0 aromatic heterocycles. The fourth-order valence-electron chi connectivity index (χ4n) is 1.71. The van der Waals surface area contributed by atoms with Crippen LogP contribution in [0.25, 0.3) is 0 Å². The molecule has 0 bridgehead atoms. The van der Waals surface area contributed by atoms with Crippen molar-refractivity contribution in [2.75, 3.05) is 5.32 Å². The van der Waals surface area contributed by atoms with E-state index in [2.05, 4.69) is 43.8 Å². The number of amides is 1. The smallest absolute Gasteiger partial charge is 0.339 e. The molecule has 0 unspecified atom stereocenters. The molecular formula is C14H8BrClINO3. The molecule has 0 spiro atoms. The summed E-state index contributed by atoms with van der Waals surface area (Å²) in [4.78, 5) is 23.5. The Morgan fingerprint density at radius 1 is 1.24 bits per heavy atom. The van der Waals surface area contributed by atoms with E-state index < -0.39 is 11.9 Å². The number of carbonyl (C=O) groups is 2. The van der Waals surface area contributed by atoms with Crippen LogP contribution in [0.2, 0.25) is 5.02 Å². The Labute approximate surface area is 147 Å². The highest BCUT2D eigenvalue weighted by molar-refractivity contribution is 14.1. The van der Waals surface area contributed by atoms with Gasteiger partial charge < -0.3 is 10.4 Å². The van der Waals surface area contributed by atoms with Crippen molar-refractivity contribution in [1.29, 1.82) is 0 Å². The zero-order valence-electron chi connectivity index (χ0n) is 10.4. The second-order valence-corrected chi connectivity index (χ2v) is 6.55. The van der Waals surface area contributed by atoms with Crippen molar-refractivity contribution < 1.29 is 14.7 Å². The van der Waals surface area contributed by atoms with Crippen molar-refractivity contribution in [3.05, 3.63) is 60.6 Å². The van der Waals surface area contributed by atoms with Crippen LogP contribution in [0.1, 0.15) is 20.7 Å². The van der Waals surface area contributed by atoms with Gasteiger partial charge in [0.1, 0.15) is 5.56 Å². The van der Waals surface area contributed by atoms with Gasteiger partial charge in [0.25, 0.3) is 5.91 Å². The zero-order valence-corrected chi connectivity index (χ0v) is 14.9. The number of carboxylic acids is 1. The SMILES string of the molecule is O=C(Nc1cccc(Cl)c1C(=O)O)c1cc(I)ccc1Br. The predicted molar refractivity (Wildman–Crippen MR) is 93.2 cm³/mol. The third-order valence-electron chi connectivity index (χ3n) is 2.65. The molecule has 0 saturated heterocycles. The summed E-state index contributed by atoms with van der Waals surface area (Å²) in [5.41, 5.74) is 0.443. The Morgan fingerprint density at radius 3 is 2.62 bits per heavy atom. The Kier molecular flexibility index (Phi) is 5.23. The number of nitrogens with one attached hydrogen (secondary N) is 1. The van der Waals surface area contributed by atoms with Crippen molar-refractivity contribution in [2.24, 2.45) is 0 Å². The van der Waals surface area contributed by atoms with Gasteiger partial charge >= 0.3 is 5.97 Å². The van der Waals surface area contributed by atoms with Gasteiger partial charge in [-0.1, -0.05) is 17.7 Å². The molecule has 2 aromatic carbocycles. The van der Waals surface area contributed by atoms with Gasteiger partial charge in [0, 0.05) is 8.04 Å². The van der Waals surface area contributed by atoms with Gasteiger partial charge in [-0.05, 0) is 68.9 Å². The second-order valence-electron chi connectivity index (χ2n) is 4.05. The van der Waals surface area contributed by atoms with E-state index in [1.165, 1.54) is 12.1 Å². The van der Waals surface area contributed by atoms with Gasteiger partial charge in [0.2, 0.25) is 0 Å². The fourth-order valence-corrected chi connectivity index (χ4v) is 2.88. The number of halogens is 3. The number of carboxylic acid groups (broad SMARTS) is 1. The number of benzene rings is 2. The van der Waals surface area contributed by atoms with Crippen LogP contribution in [0, 0.1) is 3.57 Å². The lowest BCUT2D eigenvalue weighted by atomic mass is 10.1. The lowest BCUT2D eigenvalue weighted by Gasteiger charge is -2.11. The summed E-state index contributed by atoms with van der Waals surface area (Å²) in [6.07, 6.45) is 0. The average Bonchev–Trinajstić information content (AvgIpc) is 2.41. The minimum atomic E-state index is -1.20. The van der Waals surface area contributed by atoms with E-state index in [0.717, 1.165) is 3.57 Å². The van der Waals surface area contributed by atoms with Gasteiger partial charge in [-0.25, -0.2) is 4.79 Å². The van der Waals surface area contributed by atoms with Crippen LogP contribution in [-0.4, -0.2) is 17.0 Å². The highest BCUT2D eigenvalue weighted by Gasteiger charge is 2.18. The molecule has 21 heavy (non-hydrogen) atoms. The van der Waals surface area contributed by atoms with Gasteiger partial charge in [0.15, 0.2) is 0 Å². The maximum absolute atomic E-state index is 12.3. The average molecular weight is 480 g/mol. The lowest BCUT2D eigenvalue weighted by molar-refractivity contribution is 0.0698. The van der Waals surface area contributed by atoms with Crippen molar-refractivity contribution in [3.63, 3.8) is 0 Å². The molecule has 0 aliphatic carbocycles. The van der Waals surface area contributed by atoms with Crippen LogP contribution in [-0.2, 0) is 0 Å². The first-order valence-corrected chi connectivity index (χ1v) is 7.93. The summed E-state index contributed by atoms with van der Waals surface area (Å²) < 4.78 is 1.52. The van der Waals surface area contributed by atoms with Crippen molar-refractivity contribution in [3.8, 4) is 0 Å². The monoisotopic (exact) mass is 479 g/mol. The molecule has 0 atom stereocenters. The number of hydrogen-bond acceptors (Lipinski definition) is 2. The maximum Gasteiger partial charge on any atom is 0.339 e. The van der Waals surface area contributed by atoms with Crippen LogP contribution < -0.4 is 5.32 Å². The normalized spacial score (nSPS) is 10.2. The summed E-state index contributed by atoms with van der Waals surface area (Å²) in [6, 6.07) is 9.84. The summed E-state index contributed by atoms with van der Waals surface area (Å²) >= 11 is 11.3. The van der Waals surface area contributed by atoms with E-state index in [0.29, 0.717) is 10.0 Å². The zero-order chi connectivity index (χ0) is 15.6. The fraction of sp³-hybridized carbons (Fsp3) is 0. The van der Waals surface area contributed by atoms with Crippen LogP contribution in [0.4, 0.5) is 5.69 Å². The number of rotatable bonds is 3. The van der Waals surface area contributed by atoms with E-state index in [9.17, 15) is 14.7 Å². The van der Waals surface area contributed by atoms with Crippen LogP contribution in [0.5, 0.6) is 0 Å². The first-order valence-electron chi connectivity index (χ1n) is 5.68. The molecule has 0 fully saturated rings. The molecular weight excluding hydrogens is 472 g/mol. The third kappa shape index (κ3) is 3.75. The van der Waals surface area contributed by atoms with Crippen molar-refractivity contribution in [2.45, 2.75) is 0 Å². The largest absolute Gasteiger partial charge is 0.478 e. The quantitative estimate of drug-likeness (QED) is 0.629. The summed E-state index contributed by atoms with van der Waals surface area (Å²) in [7, 11) is 0. The number of anilines is 1. The van der Waals surface area contributed by atoms with E-state index >= 15 is 0 Å². The van der Waals surface area contributed by atoms with Crippen molar-refractivity contribution in [1.82, 2.24) is 0 Å². The maximum atomic E-state index is 12.3. The van der Waals surface area contributed by atoms with Gasteiger partial charge in [0.05, 0.1) is 16.3 Å². The van der Waals surface area contributed by atoms with Gasteiger partial charge in [-0.3, -0.25) is 4.79 Å². The molecule has 0 saturated carbocycles. The Balaban J connectivity index is 2.39. The van der Waals surface area contributed by atoms with Crippen LogP contribution in [0.3, 0.4) is 0 Å². The molecule has 0 aliphatic heterocycles. The molecule has 2 aromatic rings. The third-order valence-corrected chi connectivity index (χ3v) is 4.33. The molecule has 1 amide bonds. The Hall–Kier alpha value is -1.12. The molecule has 0 heterocycles. The van der Waals surface area contributed by atoms with Crippen LogP contribution >= 0.6 is 50.1 Å².